The van der Waals surface area contributed by atoms with Crippen molar-refractivity contribution in [3.63, 3.8) is 0 Å². The van der Waals surface area contributed by atoms with Crippen molar-refractivity contribution in [2.45, 2.75) is 28.1 Å². The van der Waals surface area contributed by atoms with E-state index in [0.29, 0.717) is 5.92 Å². The second kappa shape index (κ2) is 5.53. The Morgan fingerprint density at radius 2 is 2.10 bits per heavy atom. The number of rotatable bonds is 5. The summed E-state index contributed by atoms with van der Waals surface area (Å²) >= 11 is 3.11. The zero-order valence-corrected chi connectivity index (χ0v) is 13.3. The number of aromatic nitrogens is 4. The van der Waals surface area contributed by atoms with Crippen molar-refractivity contribution >= 4 is 34.0 Å². The third-order valence-corrected chi connectivity index (χ3v) is 4.95. The summed E-state index contributed by atoms with van der Waals surface area (Å²) in [5, 5.41) is 13.2. The van der Waals surface area contributed by atoms with Gasteiger partial charge in [-0.25, -0.2) is 9.97 Å². The van der Waals surface area contributed by atoms with Gasteiger partial charge in [0.15, 0.2) is 4.34 Å². The number of hydrogen-bond donors (Lipinski definition) is 1. The molecule has 2 aromatic heterocycles. The molecular weight excluding hydrogens is 292 g/mol. The van der Waals surface area contributed by atoms with E-state index in [-0.39, 0.29) is 0 Å². The van der Waals surface area contributed by atoms with Crippen LogP contribution in [0.2, 0.25) is 0 Å². The zero-order chi connectivity index (χ0) is 14.1. The normalized spacial score (nSPS) is 14.3. The lowest BCUT2D eigenvalue weighted by atomic mass is 10.4. The molecule has 0 atom stereocenters. The van der Waals surface area contributed by atoms with Gasteiger partial charge in [-0.05, 0) is 24.6 Å². The Morgan fingerprint density at radius 1 is 1.30 bits per heavy atom. The SMILES string of the molecule is CNc1cc(Sc2nnc(N(C)C)s2)nc(C2CC2)n1. The number of anilines is 2. The van der Waals surface area contributed by atoms with Crippen LogP contribution in [0.15, 0.2) is 15.4 Å². The molecule has 8 heteroatoms. The van der Waals surface area contributed by atoms with Gasteiger partial charge in [0.25, 0.3) is 0 Å². The van der Waals surface area contributed by atoms with Crippen molar-refractivity contribution < 1.29 is 0 Å². The molecule has 20 heavy (non-hydrogen) atoms. The molecule has 0 spiro atoms. The van der Waals surface area contributed by atoms with Gasteiger partial charge in [0, 0.05) is 33.1 Å². The minimum absolute atomic E-state index is 0.536. The number of nitrogens with zero attached hydrogens (tertiary/aromatic N) is 5. The van der Waals surface area contributed by atoms with Gasteiger partial charge in [-0.3, -0.25) is 0 Å². The molecule has 0 saturated heterocycles. The molecule has 1 saturated carbocycles. The van der Waals surface area contributed by atoms with E-state index in [4.69, 9.17) is 0 Å². The summed E-state index contributed by atoms with van der Waals surface area (Å²) in [5.41, 5.74) is 0. The van der Waals surface area contributed by atoms with E-state index in [0.717, 1.165) is 26.1 Å². The second-order valence-electron chi connectivity index (χ2n) is 4.82. The summed E-state index contributed by atoms with van der Waals surface area (Å²) < 4.78 is 0.899. The number of hydrogen-bond acceptors (Lipinski definition) is 8. The average molecular weight is 308 g/mol. The fourth-order valence-corrected chi connectivity index (χ4v) is 3.38. The van der Waals surface area contributed by atoms with Crippen LogP contribution >= 0.6 is 23.1 Å². The molecule has 2 heterocycles. The van der Waals surface area contributed by atoms with E-state index in [9.17, 15) is 0 Å². The highest BCUT2D eigenvalue weighted by Crippen LogP contribution is 2.40. The highest BCUT2D eigenvalue weighted by atomic mass is 32.2. The van der Waals surface area contributed by atoms with Crippen LogP contribution < -0.4 is 10.2 Å². The summed E-state index contributed by atoms with van der Waals surface area (Å²) in [5.74, 6) is 2.34. The minimum atomic E-state index is 0.536. The Balaban J connectivity index is 1.83. The first-order valence-corrected chi connectivity index (χ1v) is 8.04. The van der Waals surface area contributed by atoms with Gasteiger partial charge in [-0.1, -0.05) is 11.3 Å². The molecule has 6 nitrogen and oxygen atoms in total. The van der Waals surface area contributed by atoms with Crippen molar-refractivity contribution in [1.82, 2.24) is 20.2 Å². The van der Waals surface area contributed by atoms with E-state index < -0.39 is 0 Å². The van der Waals surface area contributed by atoms with Gasteiger partial charge in [0.05, 0.1) is 0 Å². The van der Waals surface area contributed by atoms with E-state index >= 15 is 0 Å². The maximum atomic E-state index is 4.63. The average Bonchev–Trinajstić information content (AvgIpc) is 3.18. The van der Waals surface area contributed by atoms with Gasteiger partial charge >= 0.3 is 0 Å². The van der Waals surface area contributed by atoms with Crippen molar-refractivity contribution in [1.29, 1.82) is 0 Å². The Morgan fingerprint density at radius 3 is 2.70 bits per heavy atom. The van der Waals surface area contributed by atoms with Gasteiger partial charge < -0.3 is 10.2 Å². The largest absolute Gasteiger partial charge is 0.373 e. The highest BCUT2D eigenvalue weighted by Gasteiger charge is 2.27. The molecule has 0 radical (unpaired) electrons. The Bertz CT molecular complexity index is 608. The van der Waals surface area contributed by atoms with E-state index in [1.54, 1.807) is 23.1 Å². The first-order chi connectivity index (χ1) is 9.65. The lowest BCUT2D eigenvalue weighted by molar-refractivity contribution is 0.879. The first kappa shape index (κ1) is 13.6. The van der Waals surface area contributed by atoms with E-state index in [1.165, 1.54) is 12.8 Å². The molecule has 1 fully saturated rings. The van der Waals surface area contributed by atoms with Crippen LogP contribution in [0.25, 0.3) is 0 Å². The molecule has 2 aromatic rings. The molecule has 1 aliphatic rings. The Labute approximate surface area is 126 Å². The number of nitrogens with one attached hydrogen (secondary N) is 1. The molecule has 0 aliphatic heterocycles. The second-order valence-corrected chi connectivity index (χ2v) is 7.04. The monoisotopic (exact) mass is 308 g/mol. The molecule has 0 aromatic carbocycles. The summed E-state index contributed by atoms with van der Waals surface area (Å²) in [6.07, 6.45) is 2.39. The Kier molecular flexibility index (Phi) is 3.75. The summed E-state index contributed by atoms with van der Waals surface area (Å²) in [7, 11) is 5.80. The van der Waals surface area contributed by atoms with Gasteiger partial charge in [-0.15, -0.1) is 10.2 Å². The first-order valence-electron chi connectivity index (χ1n) is 6.41. The van der Waals surface area contributed by atoms with Crippen LogP contribution in [0, 0.1) is 0 Å². The molecule has 0 amide bonds. The van der Waals surface area contributed by atoms with Crippen LogP contribution in [0.1, 0.15) is 24.6 Å². The van der Waals surface area contributed by atoms with Crippen molar-refractivity contribution in [3.05, 3.63) is 11.9 Å². The standard InChI is InChI=1S/C12H16N6S2/c1-13-8-6-9(15-10(14-8)7-4-5-7)19-12-17-16-11(20-12)18(2)3/h6-7H,4-5H2,1-3H3,(H,13,14,15). The minimum Gasteiger partial charge on any atom is -0.373 e. The van der Waals surface area contributed by atoms with Gasteiger partial charge in [0.2, 0.25) is 5.13 Å². The third-order valence-electron chi connectivity index (χ3n) is 2.89. The van der Waals surface area contributed by atoms with E-state index in [1.807, 2.05) is 32.1 Å². The van der Waals surface area contributed by atoms with Crippen molar-refractivity contribution in [2.24, 2.45) is 0 Å². The summed E-state index contributed by atoms with van der Waals surface area (Å²) in [4.78, 5) is 11.1. The summed E-state index contributed by atoms with van der Waals surface area (Å²) in [6, 6.07) is 1.95. The quantitative estimate of drug-likeness (QED) is 0.851. The predicted molar refractivity (Wildman–Crippen MR) is 81.9 cm³/mol. The molecular formula is C12H16N6S2. The van der Waals surface area contributed by atoms with E-state index in [2.05, 4.69) is 25.5 Å². The Hall–Kier alpha value is -1.41. The van der Waals surface area contributed by atoms with Crippen LogP contribution in [0.4, 0.5) is 10.9 Å². The fraction of sp³-hybridized carbons (Fsp3) is 0.500. The molecule has 0 bridgehead atoms. The lowest BCUT2D eigenvalue weighted by Gasteiger charge is -2.05. The molecule has 1 aliphatic carbocycles. The topological polar surface area (TPSA) is 66.8 Å². The lowest BCUT2D eigenvalue weighted by Crippen LogP contribution is -2.07. The van der Waals surface area contributed by atoms with Crippen molar-refractivity contribution in [2.75, 3.05) is 31.4 Å². The highest BCUT2D eigenvalue weighted by molar-refractivity contribution is 8.01. The van der Waals surface area contributed by atoms with Crippen LogP contribution in [-0.4, -0.2) is 41.3 Å². The van der Waals surface area contributed by atoms with Crippen LogP contribution in [0.5, 0.6) is 0 Å². The fourth-order valence-electron chi connectivity index (χ4n) is 1.66. The maximum absolute atomic E-state index is 4.63. The summed E-state index contributed by atoms with van der Waals surface area (Å²) in [6.45, 7) is 0. The zero-order valence-electron chi connectivity index (χ0n) is 11.6. The maximum Gasteiger partial charge on any atom is 0.208 e. The molecule has 106 valence electrons. The van der Waals surface area contributed by atoms with Crippen molar-refractivity contribution in [3.8, 4) is 0 Å². The smallest absolute Gasteiger partial charge is 0.208 e. The predicted octanol–water partition coefficient (Wildman–Crippen LogP) is 2.46. The molecule has 1 N–H and O–H groups in total. The van der Waals surface area contributed by atoms with Crippen LogP contribution in [-0.2, 0) is 0 Å². The van der Waals surface area contributed by atoms with Gasteiger partial charge in [0.1, 0.15) is 16.7 Å². The third kappa shape index (κ3) is 3.01. The van der Waals surface area contributed by atoms with Crippen LogP contribution in [0.3, 0.4) is 0 Å². The molecule has 3 rings (SSSR count). The molecule has 0 unspecified atom stereocenters. The van der Waals surface area contributed by atoms with Gasteiger partial charge in [-0.2, -0.15) is 0 Å².